The molecule has 67 heavy (non-hydrogen) atoms. The summed E-state index contributed by atoms with van der Waals surface area (Å²) in [5.41, 5.74) is 8.28. The fourth-order valence-electron chi connectivity index (χ4n) is 6.70. The number of fused-ring (bicyclic) bond motifs is 2. The van der Waals surface area contributed by atoms with Crippen molar-refractivity contribution in [2.45, 2.75) is 127 Å². The summed E-state index contributed by atoms with van der Waals surface area (Å²) in [6.07, 6.45) is 0.349. The van der Waals surface area contributed by atoms with Gasteiger partial charge in [0.15, 0.2) is 0 Å². The minimum Gasteiger partial charge on any atom is -0.481 e. The molecule has 0 bridgehead atoms. The zero-order chi connectivity index (χ0) is 50.4. The summed E-state index contributed by atoms with van der Waals surface area (Å²) in [7, 11) is -7.50. The molecule has 0 aliphatic carbocycles. The van der Waals surface area contributed by atoms with Crippen LogP contribution in [0.1, 0.15) is 98.5 Å². The number of carbonyl (C=O) groups is 4. The number of amides is 3. The maximum Gasteiger partial charge on any atom is 0.410 e. The first kappa shape index (κ1) is 53.5. The van der Waals surface area contributed by atoms with Crippen LogP contribution < -0.4 is 21.3 Å². The standard InChI is InChI=1S/C22H26N4O5S2.C14H19N3O2S.C8H9NO4S/c1-13-9-18-17(12-26(13)21(28)31-22(2,3)4)16(11-23)20(32-18)25-19(27)10-14-5-7-15(8-6-14)33(24,29)30;1-8-5-11-10(9(6-15)12(16)20-11)7-17(8)13(18)19-14(2,3)4;9-14(12,13)7-3-1-6(2-4-7)5-8(10)11/h5-8,13H,9-10,12H2,1-4H3,(H,25,27)(H2,24,29,30);8H,5,7,16H2,1-4H3;1-4H,5H2,(H,10,11)(H2,9,12,13). The van der Waals surface area contributed by atoms with Crippen LogP contribution in [-0.4, -0.2) is 79.1 Å². The zero-order valence-corrected chi connectivity index (χ0v) is 41.5. The molecule has 4 aromatic rings. The number of nitrogen functional groups attached to an aromatic ring is 1. The summed E-state index contributed by atoms with van der Waals surface area (Å²) < 4.78 is 55.3. The van der Waals surface area contributed by atoms with Gasteiger partial charge in [-0.15, -0.1) is 22.7 Å². The van der Waals surface area contributed by atoms with Crippen molar-refractivity contribution in [2.24, 2.45) is 10.3 Å². The number of carboxylic acids is 1. The Kier molecular flexibility index (Phi) is 17.0. The highest BCUT2D eigenvalue weighted by molar-refractivity contribution is 7.89. The number of nitrogens with two attached hydrogens (primary N) is 3. The fraction of sp³-hybridized carbons (Fsp3) is 0.409. The number of rotatable bonds is 7. The lowest BCUT2D eigenvalue weighted by Gasteiger charge is -2.34. The number of nitrogens with zero attached hydrogens (tertiary/aromatic N) is 4. The molecule has 2 aliphatic heterocycles. The van der Waals surface area contributed by atoms with Gasteiger partial charge in [0.2, 0.25) is 26.0 Å². The van der Waals surface area contributed by atoms with Crippen LogP contribution in [-0.2, 0) is 77.9 Å². The highest BCUT2D eigenvalue weighted by Gasteiger charge is 2.35. The molecule has 2 aliphatic rings. The summed E-state index contributed by atoms with van der Waals surface area (Å²) in [4.78, 5) is 53.0. The number of carbonyl (C=O) groups excluding carboxylic acids is 3. The molecular formula is C44H54N8O11S4. The second-order valence-electron chi connectivity index (χ2n) is 17.7. The number of hydrogen-bond acceptors (Lipinski definition) is 15. The molecule has 23 heteroatoms. The molecule has 2 aromatic heterocycles. The molecule has 2 unspecified atom stereocenters. The van der Waals surface area contributed by atoms with Crippen molar-refractivity contribution in [3.05, 3.63) is 91.7 Å². The second kappa shape index (κ2) is 21.3. The lowest BCUT2D eigenvalue weighted by atomic mass is 10.0. The molecule has 0 spiro atoms. The van der Waals surface area contributed by atoms with Crippen molar-refractivity contribution in [3.8, 4) is 12.1 Å². The number of aliphatic carboxylic acids is 1. The average Bonchev–Trinajstić information content (AvgIpc) is 3.69. The summed E-state index contributed by atoms with van der Waals surface area (Å²) in [5.74, 6) is -1.31. The minimum absolute atomic E-state index is 0.00122. The van der Waals surface area contributed by atoms with Gasteiger partial charge < -0.3 is 35.4 Å². The molecule has 19 nitrogen and oxygen atoms in total. The summed E-state index contributed by atoms with van der Waals surface area (Å²) in [6, 6.07) is 15.4. The Morgan fingerprint density at radius 2 is 1.10 bits per heavy atom. The van der Waals surface area contributed by atoms with E-state index in [0.717, 1.165) is 20.9 Å². The van der Waals surface area contributed by atoms with E-state index >= 15 is 0 Å². The maximum absolute atomic E-state index is 12.6. The van der Waals surface area contributed by atoms with E-state index in [9.17, 15) is 46.5 Å². The molecule has 2 atom stereocenters. The highest BCUT2D eigenvalue weighted by Crippen LogP contribution is 2.39. The van der Waals surface area contributed by atoms with Crippen molar-refractivity contribution in [1.82, 2.24) is 9.80 Å². The first-order valence-electron chi connectivity index (χ1n) is 20.5. The van der Waals surface area contributed by atoms with E-state index in [2.05, 4.69) is 17.5 Å². The van der Waals surface area contributed by atoms with Crippen LogP contribution >= 0.6 is 22.7 Å². The van der Waals surface area contributed by atoms with E-state index in [-0.39, 0.29) is 53.3 Å². The van der Waals surface area contributed by atoms with Gasteiger partial charge in [0, 0.05) is 45.8 Å². The average molecular weight is 999 g/mol. The Morgan fingerprint density at radius 1 is 0.716 bits per heavy atom. The van der Waals surface area contributed by atoms with Gasteiger partial charge in [-0.25, -0.2) is 36.7 Å². The number of sulfonamides is 2. The van der Waals surface area contributed by atoms with Crippen LogP contribution in [0.4, 0.5) is 19.6 Å². The minimum atomic E-state index is -3.80. The number of nitrogens with one attached hydrogen (secondary N) is 1. The van der Waals surface area contributed by atoms with Gasteiger partial charge in [-0.2, -0.15) is 10.5 Å². The molecule has 0 saturated heterocycles. The molecule has 360 valence electrons. The third-order valence-corrected chi connectivity index (χ3v) is 14.0. The van der Waals surface area contributed by atoms with E-state index in [1.807, 2.05) is 34.6 Å². The van der Waals surface area contributed by atoms with Gasteiger partial charge in [0.05, 0.1) is 46.8 Å². The van der Waals surface area contributed by atoms with Gasteiger partial charge in [-0.1, -0.05) is 24.3 Å². The highest BCUT2D eigenvalue weighted by atomic mass is 32.2. The Labute approximate surface area is 398 Å². The summed E-state index contributed by atoms with van der Waals surface area (Å²) >= 11 is 2.78. The van der Waals surface area contributed by atoms with Gasteiger partial charge in [-0.3, -0.25) is 9.59 Å². The third kappa shape index (κ3) is 15.0. The molecule has 2 aromatic carbocycles. The molecule has 6 rings (SSSR count). The second-order valence-corrected chi connectivity index (χ2v) is 23.0. The van der Waals surface area contributed by atoms with E-state index in [1.165, 1.54) is 71.2 Å². The van der Waals surface area contributed by atoms with Crippen LogP contribution in [0, 0.1) is 22.7 Å². The number of anilines is 2. The van der Waals surface area contributed by atoms with Gasteiger partial charge in [0.25, 0.3) is 0 Å². The largest absolute Gasteiger partial charge is 0.481 e. The predicted octanol–water partition coefficient (Wildman–Crippen LogP) is 5.97. The zero-order valence-electron chi connectivity index (χ0n) is 38.2. The van der Waals surface area contributed by atoms with Crippen LogP contribution in [0.5, 0.6) is 0 Å². The van der Waals surface area contributed by atoms with Crippen molar-refractivity contribution >= 4 is 76.8 Å². The number of thiophene rings is 2. The lowest BCUT2D eigenvalue weighted by Crippen LogP contribution is -2.44. The molecule has 4 heterocycles. The number of benzene rings is 2. The van der Waals surface area contributed by atoms with Gasteiger partial charge in [-0.05, 0) is 90.8 Å². The van der Waals surface area contributed by atoms with E-state index in [0.29, 0.717) is 51.6 Å². The van der Waals surface area contributed by atoms with Crippen LogP contribution in [0.2, 0.25) is 0 Å². The van der Waals surface area contributed by atoms with Crippen molar-refractivity contribution in [1.29, 1.82) is 10.5 Å². The topological polar surface area (TPSA) is 319 Å². The molecule has 8 N–H and O–H groups in total. The van der Waals surface area contributed by atoms with E-state index < -0.39 is 43.3 Å². The molecular weight excluding hydrogens is 945 g/mol. The van der Waals surface area contributed by atoms with Crippen LogP contribution in [0.25, 0.3) is 0 Å². The van der Waals surface area contributed by atoms with E-state index in [4.69, 9.17) is 30.6 Å². The predicted molar refractivity (Wildman–Crippen MR) is 252 cm³/mol. The quantitative estimate of drug-likeness (QED) is 0.142. The smallest absolute Gasteiger partial charge is 0.410 e. The molecule has 0 saturated carbocycles. The van der Waals surface area contributed by atoms with Gasteiger partial charge in [0.1, 0.15) is 33.3 Å². The third-order valence-electron chi connectivity index (χ3n) is 9.85. The monoisotopic (exact) mass is 998 g/mol. The van der Waals surface area contributed by atoms with Crippen LogP contribution in [0.3, 0.4) is 0 Å². The number of hydrogen-bond donors (Lipinski definition) is 5. The Morgan fingerprint density at radius 3 is 1.48 bits per heavy atom. The normalized spacial score (nSPS) is 15.7. The Balaban J connectivity index is 0.000000244. The lowest BCUT2D eigenvalue weighted by molar-refractivity contribution is -0.136. The number of primary sulfonamides is 2. The maximum atomic E-state index is 12.6. The van der Waals surface area contributed by atoms with E-state index in [1.54, 1.807) is 30.6 Å². The van der Waals surface area contributed by atoms with Crippen LogP contribution in [0.15, 0.2) is 58.3 Å². The Bertz CT molecular complexity index is 2810. The Hall–Kier alpha value is -6.08. The van der Waals surface area contributed by atoms with Crippen molar-refractivity contribution < 1.29 is 50.6 Å². The molecule has 0 radical (unpaired) electrons. The van der Waals surface area contributed by atoms with Crippen molar-refractivity contribution in [2.75, 3.05) is 11.1 Å². The number of carboxylic acid groups (broad SMARTS) is 1. The fourth-order valence-corrected chi connectivity index (χ4v) is 10.2. The number of nitriles is 2. The first-order chi connectivity index (χ1) is 30.9. The summed E-state index contributed by atoms with van der Waals surface area (Å²) in [6.45, 7) is 15.4. The molecule has 0 fully saturated rings. The van der Waals surface area contributed by atoms with Gasteiger partial charge >= 0.3 is 18.2 Å². The summed E-state index contributed by atoms with van der Waals surface area (Å²) in [5, 5.41) is 41.1. The number of ether oxygens (including phenoxy) is 2. The first-order valence-corrected chi connectivity index (χ1v) is 25.2. The SMILES string of the molecule is CC1Cc2sc(N)c(C#N)c2CN1C(=O)OC(C)(C)C.CC1Cc2sc(NC(=O)Cc3ccc(S(N)(=O)=O)cc3)c(C#N)c2CN1C(=O)OC(C)(C)C.NS(=O)(=O)c1ccc(CC(=O)O)cc1. The molecule has 3 amide bonds. The van der Waals surface area contributed by atoms with Crippen molar-refractivity contribution in [3.63, 3.8) is 0 Å².